The SMILES string of the molecule is Cc1ccc(S(=O)(=O)NC(=O)Nc2ccc(-n3ccc4cc(NCCCN5CCCC5)ccc4c3=O)cc2)s1.Cc1ccc(S(=O)(=O)NC(=O)Nc2ccc(-n3ccc4cc(NCCCN5CCOCC5)ccc4c3=O)cc2)s1. The first-order valence-electron chi connectivity index (χ1n) is 25.9. The molecule has 0 unspecified atom stereocenters. The number of nitrogens with one attached hydrogen (secondary N) is 6. The van der Waals surface area contributed by atoms with Gasteiger partial charge in [0.1, 0.15) is 8.42 Å². The molecule has 0 radical (unpaired) electrons. The van der Waals surface area contributed by atoms with Crippen LogP contribution < -0.4 is 41.8 Å². The van der Waals surface area contributed by atoms with Crippen molar-refractivity contribution in [2.75, 3.05) is 86.8 Å². The number of fused-ring (bicyclic) bond motifs is 2. The van der Waals surface area contributed by atoms with Crippen molar-refractivity contribution in [1.29, 1.82) is 0 Å². The fourth-order valence-electron chi connectivity index (χ4n) is 9.21. The first-order chi connectivity index (χ1) is 38.1. The molecule has 4 aromatic carbocycles. The summed E-state index contributed by atoms with van der Waals surface area (Å²) in [5.41, 5.74) is 3.67. The molecule has 79 heavy (non-hydrogen) atoms. The second-order valence-electron chi connectivity index (χ2n) is 19.1. The third kappa shape index (κ3) is 14.9. The van der Waals surface area contributed by atoms with Crippen LogP contribution in [0.15, 0.2) is 152 Å². The van der Waals surface area contributed by atoms with Crippen molar-refractivity contribution in [2.24, 2.45) is 0 Å². The van der Waals surface area contributed by atoms with E-state index < -0.39 is 32.1 Å². The van der Waals surface area contributed by atoms with Gasteiger partial charge in [-0.2, -0.15) is 0 Å². The molecule has 0 spiro atoms. The van der Waals surface area contributed by atoms with Crippen molar-refractivity contribution in [2.45, 2.75) is 47.9 Å². The zero-order valence-electron chi connectivity index (χ0n) is 43.7. The topological polar surface area (TPSA) is 234 Å². The number of thiophene rings is 2. The van der Waals surface area contributed by atoms with Gasteiger partial charge in [0.2, 0.25) is 0 Å². The normalized spacial score (nSPS) is 14.1. The van der Waals surface area contributed by atoms with Crippen LogP contribution in [0.25, 0.3) is 32.9 Å². The zero-order chi connectivity index (χ0) is 55.5. The predicted octanol–water partition coefficient (Wildman–Crippen LogP) is 8.77. The maximum absolute atomic E-state index is 13.2. The van der Waals surface area contributed by atoms with Gasteiger partial charge in [0.15, 0.2) is 0 Å². The summed E-state index contributed by atoms with van der Waals surface area (Å²) in [5, 5.41) is 14.8. The van der Waals surface area contributed by atoms with Gasteiger partial charge in [-0.05, 0) is 198 Å². The smallest absolute Gasteiger partial charge is 0.333 e. The highest BCUT2D eigenvalue weighted by atomic mass is 32.3. The molecular weight excluding hydrogens is 1080 g/mol. The lowest BCUT2D eigenvalue weighted by molar-refractivity contribution is 0.0378. The van der Waals surface area contributed by atoms with E-state index in [1.807, 2.05) is 58.0 Å². The average molecular weight is 1150 g/mol. The molecule has 4 aromatic heterocycles. The minimum Gasteiger partial charge on any atom is -0.385 e. The van der Waals surface area contributed by atoms with Crippen LogP contribution in [0.3, 0.4) is 0 Å². The van der Waals surface area contributed by atoms with Crippen molar-refractivity contribution in [1.82, 2.24) is 28.4 Å². The molecule has 4 amide bonds. The number of ether oxygens (including phenoxy) is 1. The molecule has 0 atom stereocenters. The summed E-state index contributed by atoms with van der Waals surface area (Å²) in [6.45, 7) is 13.4. The lowest BCUT2D eigenvalue weighted by Crippen LogP contribution is -2.37. The largest absolute Gasteiger partial charge is 0.385 e. The summed E-state index contributed by atoms with van der Waals surface area (Å²) in [6.07, 6.45) is 8.16. The van der Waals surface area contributed by atoms with Crippen molar-refractivity contribution >= 4 is 99.1 Å². The van der Waals surface area contributed by atoms with E-state index in [4.69, 9.17) is 4.74 Å². The molecule has 8 aromatic rings. The van der Waals surface area contributed by atoms with Crippen LogP contribution in [-0.4, -0.2) is 113 Å². The van der Waals surface area contributed by atoms with E-state index in [-0.39, 0.29) is 19.5 Å². The molecule has 6 N–H and O–H groups in total. The minimum atomic E-state index is -3.95. The number of pyridine rings is 2. The van der Waals surface area contributed by atoms with Gasteiger partial charge in [-0.25, -0.2) is 35.9 Å². The summed E-state index contributed by atoms with van der Waals surface area (Å²) in [5.74, 6) is 0. The van der Waals surface area contributed by atoms with Crippen molar-refractivity contribution in [3.05, 3.63) is 164 Å². The van der Waals surface area contributed by atoms with E-state index in [0.717, 1.165) is 120 Å². The third-order valence-corrected chi connectivity index (χ3v) is 18.9. The lowest BCUT2D eigenvalue weighted by Gasteiger charge is -2.26. The van der Waals surface area contributed by atoms with Gasteiger partial charge < -0.3 is 30.9 Å². The van der Waals surface area contributed by atoms with Crippen LogP contribution in [0.4, 0.5) is 32.3 Å². The number of aromatic nitrogens is 2. The average Bonchev–Trinajstić information content (AvgIpc) is 4.33. The quantitative estimate of drug-likeness (QED) is 0.0442. The molecular formula is C56H62N10O9S4. The molecule has 2 aliphatic heterocycles. The maximum atomic E-state index is 13.2. The van der Waals surface area contributed by atoms with Crippen LogP contribution in [-0.2, 0) is 24.8 Å². The van der Waals surface area contributed by atoms with E-state index in [1.165, 1.54) is 42.6 Å². The van der Waals surface area contributed by atoms with Crippen molar-refractivity contribution in [3.63, 3.8) is 0 Å². The number of anilines is 4. The minimum absolute atomic E-state index is 0.0675. The standard InChI is InChI=1S/C28H31N5O5S2.C28H31N5O4S2/c1-20-3-10-26(39-20)40(36,37)31-28(35)30-22-4-7-24(8-5-22)33-14-11-21-19-23(6-9-25(21)27(33)34)29-12-2-13-32-15-17-38-18-16-32;1-20-5-12-26(38-20)39(36,37)31-28(35)30-22-6-9-24(10-7-22)33-18-13-21-19-23(8-11-25(21)27(33)34)29-14-4-17-32-15-2-3-16-32/h3-11,14,19,29H,2,12-13,15-18H2,1H3,(H2,30,31,35);5-13,18-19,29H,2-4,14-17H2,1H3,(H2,30,31,35). The number of carbonyl (C=O) groups is 2. The summed E-state index contributed by atoms with van der Waals surface area (Å²) in [7, 11) is -7.90. The lowest BCUT2D eigenvalue weighted by atomic mass is 10.1. The number of carbonyl (C=O) groups excluding carboxylic acids is 2. The number of aryl methyl sites for hydroxylation is 2. The zero-order valence-corrected chi connectivity index (χ0v) is 47.0. The molecule has 2 saturated heterocycles. The molecule has 19 nitrogen and oxygen atoms in total. The van der Waals surface area contributed by atoms with Crippen LogP contribution in [0.2, 0.25) is 0 Å². The highest BCUT2D eigenvalue weighted by molar-refractivity contribution is 7.92. The molecule has 10 rings (SSSR count). The Morgan fingerprint density at radius 2 is 0.924 bits per heavy atom. The third-order valence-electron chi connectivity index (χ3n) is 13.3. The Labute approximate surface area is 466 Å². The molecule has 6 heterocycles. The molecule has 0 aliphatic carbocycles. The van der Waals surface area contributed by atoms with Crippen LogP contribution >= 0.6 is 22.7 Å². The number of benzene rings is 4. The number of urea groups is 2. The summed E-state index contributed by atoms with van der Waals surface area (Å²) >= 11 is 2.17. The first-order valence-corrected chi connectivity index (χ1v) is 30.5. The van der Waals surface area contributed by atoms with Crippen LogP contribution in [0.5, 0.6) is 0 Å². The van der Waals surface area contributed by atoms with Crippen LogP contribution in [0.1, 0.15) is 35.4 Å². The Balaban J connectivity index is 0.000000192. The Kier molecular flexibility index (Phi) is 18.3. The summed E-state index contributed by atoms with van der Waals surface area (Å²) in [4.78, 5) is 57.5. The van der Waals surface area contributed by atoms with Gasteiger partial charge in [0.05, 0.1) is 13.2 Å². The number of morpholine rings is 1. The van der Waals surface area contributed by atoms with Crippen molar-refractivity contribution < 1.29 is 31.2 Å². The number of sulfonamides is 2. The Bertz CT molecular complexity index is 3790. The first kappa shape index (κ1) is 56.3. The number of likely N-dealkylation sites (tertiary alicyclic amines) is 1. The number of nitrogens with zero attached hydrogens (tertiary/aromatic N) is 4. The highest BCUT2D eigenvalue weighted by Crippen LogP contribution is 2.24. The summed E-state index contributed by atoms with van der Waals surface area (Å²) < 4.78 is 62.1. The van der Waals surface area contributed by atoms with Crippen LogP contribution in [0, 0.1) is 13.8 Å². The second kappa shape index (κ2) is 25.6. The van der Waals surface area contributed by atoms with Gasteiger partial charge in [0, 0.05) is 93.2 Å². The Morgan fingerprint density at radius 1 is 0.519 bits per heavy atom. The molecule has 23 heteroatoms. The number of rotatable bonds is 18. The fourth-order valence-corrected chi connectivity index (χ4v) is 13.6. The van der Waals surface area contributed by atoms with E-state index in [1.54, 1.807) is 91.5 Å². The molecule has 2 aliphatic rings. The fraction of sp³-hybridized carbons (Fsp3) is 0.286. The monoisotopic (exact) mass is 1150 g/mol. The van der Waals surface area contributed by atoms with E-state index in [0.29, 0.717) is 33.5 Å². The Hall–Kier alpha value is -7.38. The molecule has 2 fully saturated rings. The molecule has 0 saturated carbocycles. The van der Waals surface area contributed by atoms with E-state index >= 15 is 0 Å². The van der Waals surface area contributed by atoms with Gasteiger partial charge >= 0.3 is 12.1 Å². The molecule has 414 valence electrons. The van der Waals surface area contributed by atoms with E-state index in [9.17, 15) is 36.0 Å². The second-order valence-corrected chi connectivity index (χ2v) is 25.5. The predicted molar refractivity (Wildman–Crippen MR) is 315 cm³/mol. The molecule has 0 bridgehead atoms. The van der Waals surface area contributed by atoms with Gasteiger partial charge in [-0.3, -0.25) is 23.6 Å². The number of hydrogen-bond donors (Lipinski definition) is 6. The highest BCUT2D eigenvalue weighted by Gasteiger charge is 2.21. The Morgan fingerprint density at radius 3 is 1.33 bits per heavy atom. The van der Waals surface area contributed by atoms with Crippen molar-refractivity contribution in [3.8, 4) is 11.4 Å². The van der Waals surface area contributed by atoms with E-state index in [2.05, 4.69) is 31.1 Å². The summed E-state index contributed by atoms with van der Waals surface area (Å²) in [6, 6.07) is 33.0. The maximum Gasteiger partial charge on any atom is 0.333 e. The van der Waals surface area contributed by atoms with Gasteiger partial charge in [-0.1, -0.05) is 0 Å². The number of hydrogen-bond acceptors (Lipinski definition) is 15. The van der Waals surface area contributed by atoms with Gasteiger partial charge in [0.25, 0.3) is 31.2 Å². The number of amides is 4. The van der Waals surface area contributed by atoms with Gasteiger partial charge in [-0.15, -0.1) is 22.7 Å².